The van der Waals surface area contributed by atoms with Gasteiger partial charge < -0.3 is 0 Å². The quantitative estimate of drug-likeness (QED) is 0.787. The first-order valence-electron chi connectivity index (χ1n) is 6.23. The molecule has 1 amide bonds. The molecule has 2 aliphatic rings. The third-order valence-corrected chi connectivity index (χ3v) is 3.92. The Kier molecular flexibility index (Phi) is 2.46. The van der Waals surface area contributed by atoms with Crippen LogP contribution in [-0.2, 0) is 10.2 Å². The molecule has 1 saturated carbocycles. The van der Waals surface area contributed by atoms with Crippen LogP contribution >= 0.6 is 0 Å². The lowest BCUT2D eigenvalue weighted by Gasteiger charge is -2.40. The molecule has 3 heteroatoms. The van der Waals surface area contributed by atoms with E-state index in [9.17, 15) is 4.79 Å². The Balaban J connectivity index is 2.10. The molecule has 1 atom stereocenters. The fourth-order valence-corrected chi connectivity index (χ4v) is 3.07. The molecular formula is C14H16N2O. The predicted molar refractivity (Wildman–Crippen MR) is 66.8 cm³/mol. The van der Waals surface area contributed by atoms with Crippen LogP contribution < -0.4 is 5.43 Å². The second kappa shape index (κ2) is 3.99. The van der Waals surface area contributed by atoms with Crippen LogP contribution in [0.15, 0.2) is 35.4 Å². The highest BCUT2D eigenvalue weighted by Crippen LogP contribution is 2.41. The van der Waals surface area contributed by atoms with Gasteiger partial charge in [-0.15, -0.1) is 0 Å². The van der Waals surface area contributed by atoms with Gasteiger partial charge in [-0.05, 0) is 24.8 Å². The van der Waals surface area contributed by atoms with E-state index in [1.807, 2.05) is 18.2 Å². The summed E-state index contributed by atoms with van der Waals surface area (Å²) >= 11 is 0. The number of nitrogens with zero attached hydrogens (tertiary/aromatic N) is 1. The number of hydrogen-bond donors (Lipinski definition) is 1. The zero-order valence-electron chi connectivity index (χ0n) is 9.78. The topological polar surface area (TPSA) is 41.5 Å². The van der Waals surface area contributed by atoms with Gasteiger partial charge in [-0.2, -0.15) is 5.10 Å². The lowest BCUT2D eigenvalue weighted by Crippen LogP contribution is -2.47. The summed E-state index contributed by atoms with van der Waals surface area (Å²) in [5.41, 5.74) is 4.91. The zero-order valence-corrected chi connectivity index (χ0v) is 9.78. The number of benzene rings is 1. The van der Waals surface area contributed by atoms with Crippen molar-refractivity contribution in [3.05, 3.63) is 35.9 Å². The minimum Gasteiger partial charge on any atom is -0.273 e. The first-order chi connectivity index (χ1) is 8.31. The van der Waals surface area contributed by atoms with Crippen LogP contribution in [0.5, 0.6) is 0 Å². The SMILES string of the molecule is O=C1CC2(c3ccccc3)CCCCC2=NN1. The fourth-order valence-electron chi connectivity index (χ4n) is 3.07. The molecule has 1 aromatic carbocycles. The Bertz CT molecular complexity index is 466. The van der Waals surface area contributed by atoms with Crippen LogP contribution in [0.25, 0.3) is 0 Å². The van der Waals surface area contributed by atoms with Gasteiger partial charge >= 0.3 is 0 Å². The third-order valence-electron chi connectivity index (χ3n) is 3.92. The van der Waals surface area contributed by atoms with Crippen molar-refractivity contribution in [3.63, 3.8) is 0 Å². The second-order valence-electron chi connectivity index (χ2n) is 4.93. The van der Waals surface area contributed by atoms with E-state index in [1.54, 1.807) is 0 Å². The van der Waals surface area contributed by atoms with E-state index >= 15 is 0 Å². The number of rotatable bonds is 1. The summed E-state index contributed by atoms with van der Waals surface area (Å²) in [6.07, 6.45) is 4.97. The molecule has 0 bridgehead atoms. The maximum absolute atomic E-state index is 11.7. The molecule has 1 heterocycles. The van der Waals surface area contributed by atoms with Gasteiger partial charge in [-0.25, -0.2) is 5.43 Å². The number of nitrogens with one attached hydrogen (secondary N) is 1. The molecule has 0 spiro atoms. The molecule has 1 aliphatic carbocycles. The van der Waals surface area contributed by atoms with Crippen molar-refractivity contribution in [2.24, 2.45) is 5.10 Å². The number of carbonyl (C=O) groups excluding carboxylic acids is 1. The Labute approximate surface area is 101 Å². The van der Waals surface area contributed by atoms with Crippen molar-refractivity contribution in [1.82, 2.24) is 5.43 Å². The number of carbonyl (C=O) groups is 1. The number of fused-ring (bicyclic) bond motifs is 1. The number of hydrazone groups is 1. The van der Waals surface area contributed by atoms with Gasteiger partial charge in [0, 0.05) is 17.5 Å². The Hall–Kier alpha value is -1.64. The van der Waals surface area contributed by atoms with Crippen LogP contribution in [0.1, 0.15) is 37.7 Å². The Morgan fingerprint density at radius 2 is 2.00 bits per heavy atom. The fraction of sp³-hybridized carbons (Fsp3) is 0.429. The van der Waals surface area contributed by atoms with Gasteiger partial charge in [0.1, 0.15) is 0 Å². The summed E-state index contributed by atoms with van der Waals surface area (Å²) in [5, 5.41) is 4.30. The monoisotopic (exact) mass is 228 g/mol. The molecule has 17 heavy (non-hydrogen) atoms. The molecule has 1 N–H and O–H groups in total. The number of amides is 1. The number of hydrogen-bond acceptors (Lipinski definition) is 2. The lowest BCUT2D eigenvalue weighted by atomic mass is 9.65. The first kappa shape index (κ1) is 10.5. The minimum atomic E-state index is -0.123. The largest absolute Gasteiger partial charge is 0.273 e. The standard InChI is InChI=1S/C14H16N2O/c17-13-10-14(11-6-2-1-3-7-11)9-5-4-8-12(14)15-16-13/h1-3,6-7H,4-5,8-10H2,(H,16,17). The van der Waals surface area contributed by atoms with E-state index in [4.69, 9.17) is 0 Å². The van der Waals surface area contributed by atoms with Crippen molar-refractivity contribution in [2.45, 2.75) is 37.5 Å². The van der Waals surface area contributed by atoms with E-state index < -0.39 is 0 Å². The van der Waals surface area contributed by atoms with Crippen molar-refractivity contribution in [3.8, 4) is 0 Å². The molecule has 0 saturated heterocycles. The molecule has 0 radical (unpaired) electrons. The summed E-state index contributed by atoms with van der Waals surface area (Å²) in [4.78, 5) is 11.7. The Morgan fingerprint density at radius 3 is 2.82 bits per heavy atom. The summed E-state index contributed by atoms with van der Waals surface area (Å²) in [6.45, 7) is 0. The summed E-state index contributed by atoms with van der Waals surface area (Å²) in [6, 6.07) is 10.4. The highest BCUT2D eigenvalue weighted by molar-refractivity contribution is 6.02. The van der Waals surface area contributed by atoms with Crippen LogP contribution in [0.4, 0.5) is 0 Å². The molecule has 3 nitrogen and oxygen atoms in total. The highest BCUT2D eigenvalue weighted by atomic mass is 16.2. The molecule has 1 unspecified atom stereocenters. The van der Waals surface area contributed by atoms with Gasteiger partial charge in [-0.3, -0.25) is 4.79 Å². The van der Waals surface area contributed by atoms with E-state index in [-0.39, 0.29) is 11.3 Å². The maximum Gasteiger partial charge on any atom is 0.241 e. The van der Waals surface area contributed by atoms with Gasteiger partial charge in [0.15, 0.2) is 0 Å². The van der Waals surface area contributed by atoms with E-state index in [1.165, 1.54) is 18.4 Å². The molecule has 88 valence electrons. The lowest BCUT2D eigenvalue weighted by molar-refractivity contribution is -0.122. The third kappa shape index (κ3) is 1.66. The molecule has 1 aromatic rings. The van der Waals surface area contributed by atoms with E-state index in [0.29, 0.717) is 6.42 Å². The van der Waals surface area contributed by atoms with Gasteiger partial charge in [0.05, 0.1) is 0 Å². The molecule has 3 rings (SSSR count). The maximum atomic E-state index is 11.7. The molecule has 1 fully saturated rings. The average molecular weight is 228 g/mol. The predicted octanol–water partition coefficient (Wildman–Crippen LogP) is 2.37. The normalized spacial score (nSPS) is 28.0. The van der Waals surface area contributed by atoms with Gasteiger partial charge in [0.2, 0.25) is 5.91 Å². The van der Waals surface area contributed by atoms with Crippen LogP contribution in [-0.4, -0.2) is 11.6 Å². The Morgan fingerprint density at radius 1 is 1.18 bits per heavy atom. The molecule has 0 aromatic heterocycles. The molecular weight excluding hydrogens is 212 g/mol. The minimum absolute atomic E-state index is 0.0412. The smallest absolute Gasteiger partial charge is 0.241 e. The van der Waals surface area contributed by atoms with E-state index in [0.717, 1.165) is 18.6 Å². The van der Waals surface area contributed by atoms with Crippen LogP contribution in [0.2, 0.25) is 0 Å². The van der Waals surface area contributed by atoms with Crippen molar-refractivity contribution in [1.29, 1.82) is 0 Å². The summed E-state index contributed by atoms with van der Waals surface area (Å²) < 4.78 is 0. The van der Waals surface area contributed by atoms with Crippen molar-refractivity contribution < 1.29 is 4.79 Å². The first-order valence-corrected chi connectivity index (χ1v) is 6.23. The highest BCUT2D eigenvalue weighted by Gasteiger charge is 2.43. The molecule has 1 aliphatic heterocycles. The van der Waals surface area contributed by atoms with Crippen molar-refractivity contribution in [2.75, 3.05) is 0 Å². The summed E-state index contributed by atoms with van der Waals surface area (Å²) in [5.74, 6) is 0.0412. The second-order valence-corrected chi connectivity index (χ2v) is 4.93. The van der Waals surface area contributed by atoms with Crippen LogP contribution in [0, 0.1) is 0 Å². The summed E-state index contributed by atoms with van der Waals surface area (Å²) in [7, 11) is 0. The van der Waals surface area contributed by atoms with Gasteiger partial charge in [-0.1, -0.05) is 36.8 Å². The van der Waals surface area contributed by atoms with E-state index in [2.05, 4.69) is 22.7 Å². The van der Waals surface area contributed by atoms with Crippen LogP contribution in [0.3, 0.4) is 0 Å². The van der Waals surface area contributed by atoms with Crippen molar-refractivity contribution >= 4 is 11.6 Å². The average Bonchev–Trinajstić information content (AvgIpc) is 2.39. The zero-order chi connectivity index (χ0) is 11.7. The van der Waals surface area contributed by atoms with Gasteiger partial charge in [0.25, 0.3) is 0 Å².